The van der Waals surface area contributed by atoms with Crippen molar-refractivity contribution in [1.29, 1.82) is 0 Å². The molecule has 1 saturated carbocycles. The van der Waals surface area contributed by atoms with Gasteiger partial charge in [-0.25, -0.2) is 8.78 Å². The molecule has 13 heavy (non-hydrogen) atoms. The topological polar surface area (TPSA) is 17.1 Å². The first-order valence-corrected chi connectivity index (χ1v) is 5.70. The second-order valence-corrected chi connectivity index (χ2v) is 5.07. The fourth-order valence-corrected chi connectivity index (χ4v) is 3.23. The molecule has 1 aliphatic carbocycles. The summed E-state index contributed by atoms with van der Waals surface area (Å²) in [5.41, 5.74) is 0. The predicted octanol–water partition coefficient (Wildman–Crippen LogP) is 2.35. The van der Waals surface area contributed by atoms with Crippen LogP contribution in [0.2, 0.25) is 0 Å². The summed E-state index contributed by atoms with van der Waals surface area (Å²) >= 11 is 1.63. The first-order valence-electron chi connectivity index (χ1n) is 4.55. The normalized spacial score (nSPS) is 33.4. The number of alkyl halides is 2. The number of hydrogen-bond donors (Lipinski definition) is 0. The van der Waals surface area contributed by atoms with Crippen molar-refractivity contribution in [1.82, 2.24) is 0 Å². The average molecular weight is 206 g/mol. The zero-order valence-electron chi connectivity index (χ0n) is 7.26. The van der Waals surface area contributed by atoms with Crippen LogP contribution >= 0.6 is 11.8 Å². The molecular formula is C9H12F2OS. The molecule has 0 aromatic heterocycles. The molecule has 0 amide bonds. The summed E-state index contributed by atoms with van der Waals surface area (Å²) < 4.78 is 24.9. The second-order valence-electron chi connectivity index (χ2n) is 4.04. The van der Waals surface area contributed by atoms with Crippen molar-refractivity contribution in [2.24, 2.45) is 11.8 Å². The Morgan fingerprint density at radius 2 is 2.15 bits per heavy atom. The van der Waals surface area contributed by atoms with Crippen LogP contribution in [0.4, 0.5) is 8.78 Å². The molecule has 2 aliphatic rings. The van der Waals surface area contributed by atoms with Crippen LogP contribution in [0.5, 0.6) is 0 Å². The molecule has 2 fully saturated rings. The third-order valence-electron chi connectivity index (χ3n) is 2.81. The summed E-state index contributed by atoms with van der Waals surface area (Å²) in [6.07, 6.45) is 0.699. The van der Waals surface area contributed by atoms with E-state index in [9.17, 15) is 13.6 Å². The number of thioether (sulfide) groups is 1. The zero-order valence-corrected chi connectivity index (χ0v) is 8.08. The van der Waals surface area contributed by atoms with Crippen molar-refractivity contribution < 1.29 is 13.6 Å². The minimum absolute atomic E-state index is 0.00144. The van der Waals surface area contributed by atoms with E-state index >= 15 is 0 Å². The molecule has 0 bridgehead atoms. The molecule has 0 aromatic rings. The van der Waals surface area contributed by atoms with Gasteiger partial charge in [0.25, 0.3) is 0 Å². The van der Waals surface area contributed by atoms with Gasteiger partial charge in [0.05, 0.1) is 5.75 Å². The molecular weight excluding hydrogens is 194 g/mol. The summed E-state index contributed by atoms with van der Waals surface area (Å²) in [5, 5.41) is 0. The van der Waals surface area contributed by atoms with Crippen molar-refractivity contribution in [2.45, 2.75) is 25.2 Å². The van der Waals surface area contributed by atoms with Gasteiger partial charge in [-0.1, -0.05) is 0 Å². The monoisotopic (exact) mass is 206 g/mol. The third-order valence-corrected chi connectivity index (χ3v) is 3.94. The van der Waals surface area contributed by atoms with Crippen LogP contribution in [-0.2, 0) is 4.79 Å². The van der Waals surface area contributed by atoms with Gasteiger partial charge in [0.1, 0.15) is 5.78 Å². The molecule has 4 heteroatoms. The smallest absolute Gasteiger partial charge is 0.248 e. The highest BCUT2D eigenvalue weighted by atomic mass is 32.2. The maximum Gasteiger partial charge on any atom is 0.248 e. The minimum atomic E-state index is -2.43. The van der Waals surface area contributed by atoms with Crippen LogP contribution in [0, 0.1) is 11.8 Å². The maximum absolute atomic E-state index is 12.5. The third kappa shape index (κ3) is 2.03. The van der Waals surface area contributed by atoms with Crippen LogP contribution in [0.25, 0.3) is 0 Å². The first kappa shape index (κ1) is 9.44. The molecule has 1 aliphatic heterocycles. The molecule has 1 saturated heterocycles. The number of carbonyl (C=O) groups is 1. The lowest BCUT2D eigenvalue weighted by molar-refractivity contribution is -0.127. The number of halogens is 2. The van der Waals surface area contributed by atoms with Crippen molar-refractivity contribution >= 4 is 17.5 Å². The summed E-state index contributed by atoms with van der Waals surface area (Å²) in [5.74, 6) is -0.553. The van der Waals surface area contributed by atoms with E-state index in [4.69, 9.17) is 0 Å². The van der Waals surface area contributed by atoms with Crippen LogP contribution in [0.15, 0.2) is 0 Å². The van der Waals surface area contributed by atoms with Gasteiger partial charge in [-0.2, -0.15) is 11.8 Å². The van der Waals surface area contributed by atoms with E-state index in [1.807, 2.05) is 0 Å². The Morgan fingerprint density at radius 3 is 2.62 bits per heavy atom. The van der Waals surface area contributed by atoms with Gasteiger partial charge in [-0.3, -0.25) is 4.79 Å². The van der Waals surface area contributed by atoms with Gasteiger partial charge >= 0.3 is 0 Å². The average Bonchev–Trinajstić information content (AvgIpc) is 2.33. The first-order chi connectivity index (χ1) is 6.07. The fourth-order valence-electron chi connectivity index (χ4n) is 2.07. The molecule has 0 aromatic carbocycles. The number of carbonyl (C=O) groups excluding carboxylic acids is 1. The minimum Gasteiger partial charge on any atom is -0.298 e. The maximum atomic E-state index is 12.5. The van der Waals surface area contributed by atoms with E-state index in [-0.39, 0.29) is 30.5 Å². The van der Waals surface area contributed by atoms with E-state index in [1.165, 1.54) is 0 Å². The molecule has 1 heterocycles. The van der Waals surface area contributed by atoms with Crippen LogP contribution < -0.4 is 0 Å². The van der Waals surface area contributed by atoms with E-state index in [1.54, 1.807) is 11.8 Å². The SMILES string of the molecule is O=C1CSCC1CC1CC(F)(F)C1. The van der Waals surface area contributed by atoms with E-state index in [2.05, 4.69) is 0 Å². The van der Waals surface area contributed by atoms with Crippen LogP contribution in [-0.4, -0.2) is 23.2 Å². The molecule has 0 spiro atoms. The number of hydrogen-bond acceptors (Lipinski definition) is 2. The van der Waals surface area contributed by atoms with Crippen molar-refractivity contribution in [3.63, 3.8) is 0 Å². The summed E-state index contributed by atoms with van der Waals surface area (Å²) in [6, 6.07) is 0. The lowest BCUT2D eigenvalue weighted by Crippen LogP contribution is -2.37. The molecule has 1 unspecified atom stereocenters. The fraction of sp³-hybridized carbons (Fsp3) is 0.889. The quantitative estimate of drug-likeness (QED) is 0.690. The molecule has 1 atom stereocenters. The summed E-state index contributed by atoms with van der Waals surface area (Å²) in [6.45, 7) is 0. The summed E-state index contributed by atoms with van der Waals surface area (Å²) in [4.78, 5) is 11.2. The molecule has 1 nitrogen and oxygen atoms in total. The van der Waals surface area contributed by atoms with Crippen molar-refractivity contribution in [3.8, 4) is 0 Å². The Morgan fingerprint density at radius 1 is 1.46 bits per heavy atom. The Bertz CT molecular complexity index is 222. The number of ketones is 1. The predicted molar refractivity (Wildman–Crippen MR) is 48.1 cm³/mol. The van der Waals surface area contributed by atoms with Crippen LogP contribution in [0.1, 0.15) is 19.3 Å². The van der Waals surface area contributed by atoms with Gasteiger partial charge in [0.15, 0.2) is 0 Å². The van der Waals surface area contributed by atoms with Gasteiger partial charge in [0.2, 0.25) is 5.92 Å². The lowest BCUT2D eigenvalue weighted by atomic mass is 9.76. The van der Waals surface area contributed by atoms with Crippen molar-refractivity contribution in [2.75, 3.05) is 11.5 Å². The number of Topliss-reactive ketones (excluding diaryl/α,β-unsaturated/α-hetero) is 1. The Hall–Kier alpha value is -0.120. The second kappa shape index (κ2) is 3.23. The standard InChI is InChI=1S/C9H12F2OS/c10-9(11)2-6(3-9)1-7-4-13-5-8(7)12/h6-7H,1-5H2. The molecule has 74 valence electrons. The van der Waals surface area contributed by atoms with Gasteiger partial charge < -0.3 is 0 Å². The highest BCUT2D eigenvalue weighted by Gasteiger charge is 2.46. The lowest BCUT2D eigenvalue weighted by Gasteiger charge is -2.35. The molecule has 0 N–H and O–H groups in total. The Balaban J connectivity index is 1.77. The van der Waals surface area contributed by atoms with Gasteiger partial charge in [-0.15, -0.1) is 0 Å². The van der Waals surface area contributed by atoms with E-state index < -0.39 is 5.92 Å². The Kier molecular flexibility index (Phi) is 2.34. The van der Waals surface area contributed by atoms with Gasteiger partial charge in [0, 0.05) is 24.5 Å². The molecule has 2 rings (SSSR count). The van der Waals surface area contributed by atoms with E-state index in [0.29, 0.717) is 12.2 Å². The molecule has 0 radical (unpaired) electrons. The van der Waals surface area contributed by atoms with Crippen molar-refractivity contribution in [3.05, 3.63) is 0 Å². The number of rotatable bonds is 2. The highest BCUT2D eigenvalue weighted by molar-refractivity contribution is 8.00. The van der Waals surface area contributed by atoms with E-state index in [0.717, 1.165) is 5.75 Å². The van der Waals surface area contributed by atoms with Crippen LogP contribution in [0.3, 0.4) is 0 Å². The highest BCUT2D eigenvalue weighted by Crippen LogP contribution is 2.46. The summed E-state index contributed by atoms with van der Waals surface area (Å²) in [7, 11) is 0. The van der Waals surface area contributed by atoms with Gasteiger partial charge in [-0.05, 0) is 12.3 Å². The Labute approximate surface area is 80.3 Å². The zero-order chi connectivity index (χ0) is 9.47. The largest absolute Gasteiger partial charge is 0.298 e.